The van der Waals surface area contributed by atoms with E-state index in [4.69, 9.17) is 20.2 Å². The molecule has 15 nitrogen and oxygen atoms in total. The number of pyridine rings is 1. The van der Waals surface area contributed by atoms with Crippen LogP contribution in [0.4, 0.5) is 0 Å². The second-order valence-corrected chi connectivity index (χ2v) is 19.0. The summed E-state index contributed by atoms with van der Waals surface area (Å²) >= 11 is 0. The Hall–Kier alpha value is -5.35. The summed E-state index contributed by atoms with van der Waals surface area (Å²) in [7, 11) is 3.22. The highest BCUT2D eigenvalue weighted by atomic mass is 16.5. The van der Waals surface area contributed by atoms with Gasteiger partial charge in [0.05, 0.1) is 36.1 Å². The highest BCUT2D eigenvalue weighted by Crippen LogP contribution is 2.42. The molecule has 2 aromatic heterocycles. The van der Waals surface area contributed by atoms with E-state index in [-0.39, 0.29) is 43.3 Å². The number of ether oxygens (including phenoxy) is 2. The number of aliphatic hydroxyl groups excluding tert-OH is 1. The van der Waals surface area contributed by atoms with Crippen molar-refractivity contribution in [3.05, 3.63) is 71.5 Å². The lowest BCUT2D eigenvalue weighted by Gasteiger charge is -2.37. The number of aryl methyl sites for hydroxylation is 1. The van der Waals surface area contributed by atoms with Gasteiger partial charge in [-0.2, -0.15) is 0 Å². The molecule has 1 unspecified atom stereocenters. The van der Waals surface area contributed by atoms with Gasteiger partial charge in [0.1, 0.15) is 23.9 Å². The number of hydrogen-bond acceptors (Lipinski definition) is 11. The number of amides is 3. The summed E-state index contributed by atoms with van der Waals surface area (Å²) in [5.74, 6) is -2.87. The molecule has 2 aliphatic heterocycles. The van der Waals surface area contributed by atoms with Gasteiger partial charge in [-0.15, -0.1) is 0 Å². The number of carbonyl (C=O) groups excluding carboxylic acids is 4. The van der Waals surface area contributed by atoms with Crippen molar-refractivity contribution in [2.45, 2.75) is 123 Å². The Bertz CT molecular complexity index is 2400. The van der Waals surface area contributed by atoms with Crippen molar-refractivity contribution in [1.29, 1.82) is 0 Å². The number of nitrogens with one attached hydrogen (secondary N) is 2. The SMILES string of the molecule is CCn1c(-c2cccnc2[C@H](C)OC)c2c3cc(ccc31)-c1cc(O)cc(c1)C[C@H](NC(=O)C(C(C)C)N(C)C(=O)[C@H]1CC[C@@H](O)[C@H]1N)C(=O)N1CCC[C@H](N1)C(=O)OCC(C)(C)C2. The molecule has 7 rings (SSSR count). The van der Waals surface area contributed by atoms with E-state index in [0.29, 0.717) is 49.8 Å². The number of fused-ring (bicyclic) bond motifs is 6. The first-order chi connectivity index (χ1) is 30.4. The van der Waals surface area contributed by atoms with Crippen LogP contribution in [0.5, 0.6) is 5.75 Å². The molecular weight excluding hydrogens is 815 g/mol. The third kappa shape index (κ3) is 9.40. The van der Waals surface area contributed by atoms with Gasteiger partial charge in [0.15, 0.2) is 0 Å². The smallest absolute Gasteiger partial charge is 0.324 e. The largest absolute Gasteiger partial charge is 0.508 e. The van der Waals surface area contributed by atoms with Crippen LogP contribution in [0.25, 0.3) is 33.3 Å². The standard InChI is InChI=1S/C49H65N7O8/c1-9-55-39-16-14-30-24-35(39)36(44(55)34-12-10-18-51-42(34)28(4)63-8)25-49(5,6)26-64-48(62)37-13-11-19-56(53-37)47(61)38(22-29-20-31(30)23-32(57)21-29)52-45(59)43(27(2)3)54(7)46(60)33-15-17-40(58)41(33)50/h10,12,14,16,18,20-21,23-24,27-28,33,37-38,40-41,43,53,57-58H,9,11,13,15,17,19,22,25-26,50H2,1-8H3,(H,52,59)/t28-,33-,37-,38-,40+,41-,43?/m0/s1. The van der Waals surface area contributed by atoms with Gasteiger partial charge in [0.25, 0.3) is 5.91 Å². The summed E-state index contributed by atoms with van der Waals surface area (Å²) in [4.78, 5) is 62.9. The molecule has 2 aromatic carbocycles. The van der Waals surface area contributed by atoms with E-state index < -0.39 is 59.4 Å². The minimum Gasteiger partial charge on any atom is -0.508 e. The van der Waals surface area contributed by atoms with Crippen LogP contribution in [0.1, 0.15) is 90.2 Å². The van der Waals surface area contributed by atoms with Gasteiger partial charge in [-0.05, 0) is 111 Å². The third-order valence-corrected chi connectivity index (χ3v) is 13.3. The van der Waals surface area contributed by atoms with Crippen molar-refractivity contribution < 1.29 is 38.9 Å². The number of rotatable bonds is 9. The number of phenolic OH excluding ortho intramolecular Hbond substituents is 1. The second kappa shape index (κ2) is 19.0. The van der Waals surface area contributed by atoms with E-state index in [2.05, 4.69) is 54.3 Å². The summed E-state index contributed by atoms with van der Waals surface area (Å²) < 4.78 is 14.2. The molecule has 4 heterocycles. The Morgan fingerprint density at radius 2 is 1.86 bits per heavy atom. The minimum atomic E-state index is -1.17. The maximum atomic E-state index is 14.7. The van der Waals surface area contributed by atoms with E-state index in [1.165, 1.54) is 9.91 Å². The highest BCUT2D eigenvalue weighted by molar-refractivity contribution is 5.96. The highest BCUT2D eigenvalue weighted by Gasteiger charge is 2.43. The molecule has 64 heavy (non-hydrogen) atoms. The van der Waals surface area contributed by atoms with Gasteiger partial charge >= 0.3 is 5.97 Å². The number of methoxy groups -OCH3 is 1. The number of carbonyl (C=O) groups is 4. The number of nitrogens with two attached hydrogens (primary N) is 1. The molecule has 6 bridgehead atoms. The van der Waals surface area contributed by atoms with Gasteiger partial charge in [-0.25, -0.2) is 5.43 Å². The molecule has 3 aliphatic rings. The number of esters is 1. The molecule has 0 radical (unpaired) electrons. The number of nitrogens with zero attached hydrogens (tertiary/aromatic N) is 4. The van der Waals surface area contributed by atoms with E-state index in [1.54, 1.807) is 32.5 Å². The van der Waals surface area contributed by atoms with Crippen molar-refractivity contribution >= 4 is 34.6 Å². The predicted molar refractivity (Wildman–Crippen MR) is 243 cm³/mol. The lowest BCUT2D eigenvalue weighted by molar-refractivity contribution is -0.155. The zero-order valence-corrected chi connectivity index (χ0v) is 38.4. The zero-order chi connectivity index (χ0) is 46.2. The summed E-state index contributed by atoms with van der Waals surface area (Å²) in [6, 6.07) is 11.7. The number of aromatic nitrogens is 2. The van der Waals surface area contributed by atoms with Crippen LogP contribution in [0.2, 0.25) is 0 Å². The monoisotopic (exact) mass is 879 g/mol. The molecule has 15 heteroatoms. The third-order valence-electron chi connectivity index (χ3n) is 13.3. The summed E-state index contributed by atoms with van der Waals surface area (Å²) in [6.07, 6.45) is 2.95. The van der Waals surface area contributed by atoms with Crippen molar-refractivity contribution in [2.24, 2.45) is 23.0 Å². The number of aromatic hydroxyl groups is 1. The van der Waals surface area contributed by atoms with Gasteiger partial charge < -0.3 is 40.2 Å². The number of cyclic esters (lactones) is 1. The van der Waals surface area contributed by atoms with E-state index in [9.17, 15) is 29.4 Å². The number of hydrogen-bond donors (Lipinski definition) is 5. The van der Waals surface area contributed by atoms with Crippen molar-refractivity contribution in [3.63, 3.8) is 0 Å². The van der Waals surface area contributed by atoms with Gasteiger partial charge in [0.2, 0.25) is 11.8 Å². The maximum Gasteiger partial charge on any atom is 0.324 e. The molecule has 344 valence electrons. The minimum absolute atomic E-state index is 0.0130. The molecule has 1 aliphatic carbocycles. The second-order valence-electron chi connectivity index (χ2n) is 19.0. The van der Waals surface area contributed by atoms with E-state index in [1.807, 2.05) is 39.0 Å². The summed E-state index contributed by atoms with van der Waals surface area (Å²) in [6.45, 7) is 12.9. The molecule has 0 spiro atoms. The lowest BCUT2D eigenvalue weighted by Crippen LogP contribution is -2.62. The number of likely N-dealkylation sites (N-methyl/N-ethyl adjacent to an activating group) is 1. The normalized spacial score (nSPS) is 23.7. The van der Waals surface area contributed by atoms with Gasteiger partial charge in [-0.3, -0.25) is 29.2 Å². The van der Waals surface area contributed by atoms with Crippen LogP contribution in [0, 0.1) is 17.3 Å². The Kier molecular flexibility index (Phi) is 13.9. The quantitative estimate of drug-likeness (QED) is 0.141. The Balaban J connectivity index is 1.33. The van der Waals surface area contributed by atoms with Gasteiger partial charge in [0, 0.05) is 67.8 Å². The van der Waals surface area contributed by atoms with E-state index in [0.717, 1.165) is 39.0 Å². The molecule has 1 saturated carbocycles. The molecule has 4 aromatic rings. The van der Waals surface area contributed by atoms with E-state index >= 15 is 0 Å². The van der Waals surface area contributed by atoms with Crippen molar-refractivity contribution in [2.75, 3.05) is 27.3 Å². The van der Waals surface area contributed by atoms with Crippen LogP contribution in [0.15, 0.2) is 54.7 Å². The number of aliphatic hydroxyl groups is 1. The molecule has 6 N–H and O–H groups in total. The summed E-state index contributed by atoms with van der Waals surface area (Å²) in [5, 5.41) is 27.0. The maximum absolute atomic E-state index is 14.7. The fourth-order valence-electron chi connectivity index (χ4n) is 9.94. The average molecular weight is 880 g/mol. The number of benzene rings is 2. The van der Waals surface area contributed by atoms with Crippen molar-refractivity contribution in [1.82, 2.24) is 30.2 Å². The fraction of sp³-hybridized carbons (Fsp3) is 0.531. The molecular formula is C49H65N7O8. The molecule has 1 saturated heterocycles. The Morgan fingerprint density at radius 3 is 2.55 bits per heavy atom. The number of phenols is 1. The fourth-order valence-corrected chi connectivity index (χ4v) is 9.94. The molecule has 7 atom stereocenters. The van der Waals surface area contributed by atoms with Crippen molar-refractivity contribution in [3.8, 4) is 28.1 Å². The summed E-state index contributed by atoms with van der Waals surface area (Å²) in [5.41, 5.74) is 15.7. The zero-order valence-electron chi connectivity index (χ0n) is 38.4. The van der Waals surface area contributed by atoms with Crippen LogP contribution < -0.4 is 16.5 Å². The number of hydrazine groups is 1. The average Bonchev–Trinajstić information content (AvgIpc) is 3.77. The lowest BCUT2D eigenvalue weighted by atomic mass is 9.84. The Morgan fingerprint density at radius 1 is 1.09 bits per heavy atom. The van der Waals surface area contributed by atoms with Crippen LogP contribution in [-0.2, 0) is 48.0 Å². The predicted octanol–water partition coefficient (Wildman–Crippen LogP) is 5.03. The van der Waals surface area contributed by atoms with Crippen LogP contribution >= 0.6 is 0 Å². The first-order valence-electron chi connectivity index (χ1n) is 22.6. The van der Waals surface area contributed by atoms with Crippen LogP contribution in [-0.4, -0.2) is 111 Å². The molecule has 3 amide bonds. The Labute approximate surface area is 375 Å². The van der Waals surface area contributed by atoms with Crippen LogP contribution in [0.3, 0.4) is 0 Å². The first-order valence-corrected chi connectivity index (χ1v) is 22.6. The van der Waals surface area contributed by atoms with Gasteiger partial charge in [-0.1, -0.05) is 39.8 Å². The molecule has 2 fully saturated rings. The first kappa shape index (κ1) is 46.6. The topological polar surface area (TPSA) is 202 Å².